The maximum absolute atomic E-state index is 12.2. The summed E-state index contributed by atoms with van der Waals surface area (Å²) >= 11 is 0. The molecular formula is C21H25F2IN6O2. The monoisotopic (exact) mass is 558 g/mol. The van der Waals surface area contributed by atoms with Crippen molar-refractivity contribution >= 4 is 29.9 Å². The molecule has 3 rings (SSSR count). The molecule has 11 heteroatoms. The van der Waals surface area contributed by atoms with Gasteiger partial charge in [0.1, 0.15) is 18.6 Å². The van der Waals surface area contributed by atoms with Gasteiger partial charge in [0, 0.05) is 18.8 Å². The third kappa shape index (κ3) is 7.41. The molecule has 0 aliphatic heterocycles. The zero-order valence-electron chi connectivity index (χ0n) is 17.4. The van der Waals surface area contributed by atoms with Crippen molar-refractivity contribution in [2.24, 2.45) is 4.99 Å². The van der Waals surface area contributed by atoms with E-state index < -0.39 is 12.7 Å². The molecule has 8 nitrogen and oxygen atoms in total. The van der Waals surface area contributed by atoms with Crippen molar-refractivity contribution in [1.29, 1.82) is 0 Å². The molecule has 1 aromatic heterocycles. The summed E-state index contributed by atoms with van der Waals surface area (Å²) in [7, 11) is 0. The number of aliphatic hydroxyl groups is 1. The van der Waals surface area contributed by atoms with Crippen LogP contribution in [-0.2, 0) is 6.54 Å². The van der Waals surface area contributed by atoms with E-state index in [1.54, 1.807) is 6.33 Å². The number of hydrogen-bond donors (Lipinski definition) is 3. The van der Waals surface area contributed by atoms with Crippen LogP contribution in [0.25, 0.3) is 5.69 Å². The summed E-state index contributed by atoms with van der Waals surface area (Å²) in [5.41, 5.74) is 1.50. The Kier molecular flexibility index (Phi) is 10.3. The van der Waals surface area contributed by atoms with Crippen LogP contribution in [0.1, 0.15) is 24.4 Å². The van der Waals surface area contributed by atoms with Gasteiger partial charge >= 0.3 is 6.61 Å². The van der Waals surface area contributed by atoms with Crippen LogP contribution in [0, 0.1) is 0 Å². The van der Waals surface area contributed by atoms with E-state index in [1.165, 1.54) is 24.3 Å². The van der Waals surface area contributed by atoms with E-state index in [1.807, 2.05) is 41.8 Å². The minimum absolute atomic E-state index is 0. The summed E-state index contributed by atoms with van der Waals surface area (Å²) in [4.78, 5) is 4.51. The van der Waals surface area contributed by atoms with Crippen LogP contribution in [0.4, 0.5) is 8.78 Å². The second-order valence-corrected chi connectivity index (χ2v) is 6.49. The molecule has 172 valence electrons. The van der Waals surface area contributed by atoms with Crippen molar-refractivity contribution in [3.05, 3.63) is 72.3 Å². The predicted molar refractivity (Wildman–Crippen MR) is 128 cm³/mol. The normalized spacial score (nSPS) is 12.2. The number of halogens is 3. The number of aromatic nitrogens is 3. The van der Waals surface area contributed by atoms with Gasteiger partial charge in [-0.3, -0.25) is 4.57 Å². The lowest BCUT2D eigenvalue weighted by Gasteiger charge is -2.16. The third-order valence-electron chi connectivity index (χ3n) is 4.33. The minimum Gasteiger partial charge on any atom is -0.435 e. The number of para-hydroxylation sites is 1. The highest BCUT2D eigenvalue weighted by molar-refractivity contribution is 14.0. The lowest BCUT2D eigenvalue weighted by molar-refractivity contribution is -0.0498. The highest BCUT2D eigenvalue weighted by atomic mass is 127. The Bertz CT molecular complexity index is 970. The lowest BCUT2D eigenvalue weighted by Crippen LogP contribution is -2.39. The van der Waals surface area contributed by atoms with Crippen molar-refractivity contribution in [1.82, 2.24) is 25.4 Å². The summed E-state index contributed by atoms with van der Waals surface area (Å²) in [6, 6.07) is 15.6. The molecule has 1 heterocycles. The zero-order chi connectivity index (χ0) is 22.1. The number of nitrogens with zero attached hydrogens (tertiary/aromatic N) is 4. The standard InChI is InChI=1S/C21H24F2N6O2.HI/c1-2-24-21(25-12-18(30)15-8-10-17(11-9-15)31-20(22)23)26-13-19-28-27-14-29(19)16-6-4-3-5-7-16;/h3-11,14,18,20,30H,2,12-13H2,1H3,(H2,24,25,26);1H. The maximum Gasteiger partial charge on any atom is 0.387 e. The molecule has 0 spiro atoms. The summed E-state index contributed by atoms with van der Waals surface area (Å²) in [6.45, 7) is 0.130. The van der Waals surface area contributed by atoms with Crippen LogP contribution >= 0.6 is 24.0 Å². The topological polar surface area (TPSA) is 96.6 Å². The van der Waals surface area contributed by atoms with Gasteiger partial charge in [0.05, 0.1) is 6.10 Å². The fourth-order valence-electron chi connectivity index (χ4n) is 2.85. The first-order valence-electron chi connectivity index (χ1n) is 9.76. The fraction of sp³-hybridized carbons (Fsp3) is 0.286. The highest BCUT2D eigenvalue weighted by Gasteiger charge is 2.11. The van der Waals surface area contributed by atoms with Crippen LogP contribution in [0.15, 0.2) is 65.9 Å². The van der Waals surface area contributed by atoms with E-state index in [4.69, 9.17) is 0 Å². The second kappa shape index (κ2) is 12.9. The predicted octanol–water partition coefficient (Wildman–Crippen LogP) is 3.28. The van der Waals surface area contributed by atoms with Gasteiger partial charge in [-0.1, -0.05) is 30.3 Å². The highest BCUT2D eigenvalue weighted by Crippen LogP contribution is 2.19. The van der Waals surface area contributed by atoms with Crippen molar-refractivity contribution in [2.45, 2.75) is 26.2 Å². The molecule has 0 bridgehead atoms. The first kappa shape index (κ1) is 25.5. The number of benzene rings is 2. The second-order valence-electron chi connectivity index (χ2n) is 6.49. The molecule has 32 heavy (non-hydrogen) atoms. The Morgan fingerprint density at radius 2 is 1.84 bits per heavy atom. The van der Waals surface area contributed by atoms with Gasteiger partial charge in [-0.25, -0.2) is 4.99 Å². The molecule has 0 saturated heterocycles. The number of alkyl halides is 2. The first-order chi connectivity index (χ1) is 15.1. The number of aliphatic hydroxyl groups excluding tert-OH is 1. The molecule has 0 fully saturated rings. The van der Waals surface area contributed by atoms with Gasteiger partial charge in [0.2, 0.25) is 0 Å². The van der Waals surface area contributed by atoms with Crippen LogP contribution in [-0.4, -0.2) is 45.5 Å². The van der Waals surface area contributed by atoms with Gasteiger partial charge < -0.3 is 20.5 Å². The van der Waals surface area contributed by atoms with Gasteiger partial charge in [0.15, 0.2) is 11.8 Å². The molecule has 0 aliphatic carbocycles. The number of rotatable bonds is 9. The van der Waals surface area contributed by atoms with Crippen LogP contribution < -0.4 is 15.4 Å². The summed E-state index contributed by atoms with van der Waals surface area (Å²) in [6.07, 6.45) is 0.767. The summed E-state index contributed by atoms with van der Waals surface area (Å²) in [5, 5.41) is 24.7. The van der Waals surface area contributed by atoms with E-state index in [0.717, 1.165) is 5.69 Å². The molecule has 0 saturated carbocycles. The Balaban J connectivity index is 0.00000363. The van der Waals surface area contributed by atoms with Crippen molar-refractivity contribution < 1.29 is 18.6 Å². The van der Waals surface area contributed by atoms with Crippen LogP contribution in [0.3, 0.4) is 0 Å². The number of nitrogens with one attached hydrogen (secondary N) is 2. The summed E-state index contributed by atoms with van der Waals surface area (Å²) in [5.74, 6) is 1.21. The average Bonchev–Trinajstić information content (AvgIpc) is 3.25. The molecule has 0 aliphatic rings. The number of ether oxygens (including phenoxy) is 1. The Morgan fingerprint density at radius 1 is 1.12 bits per heavy atom. The molecule has 1 unspecified atom stereocenters. The van der Waals surface area contributed by atoms with Crippen LogP contribution in [0.2, 0.25) is 0 Å². The molecule has 2 aromatic carbocycles. The van der Waals surface area contributed by atoms with E-state index >= 15 is 0 Å². The van der Waals surface area contributed by atoms with Gasteiger partial charge in [-0.05, 0) is 36.8 Å². The third-order valence-corrected chi connectivity index (χ3v) is 4.33. The Morgan fingerprint density at radius 3 is 2.50 bits per heavy atom. The Labute approximate surface area is 201 Å². The smallest absolute Gasteiger partial charge is 0.387 e. The fourth-order valence-corrected chi connectivity index (χ4v) is 2.85. The average molecular weight is 558 g/mol. The van der Waals surface area contributed by atoms with E-state index in [2.05, 4.69) is 30.6 Å². The largest absolute Gasteiger partial charge is 0.435 e. The van der Waals surface area contributed by atoms with Crippen molar-refractivity contribution in [3.63, 3.8) is 0 Å². The molecule has 0 amide bonds. The molecule has 0 radical (unpaired) electrons. The van der Waals surface area contributed by atoms with E-state index in [-0.39, 0.29) is 42.8 Å². The number of aliphatic imine (C=N–C) groups is 1. The van der Waals surface area contributed by atoms with Crippen LogP contribution in [0.5, 0.6) is 5.75 Å². The van der Waals surface area contributed by atoms with E-state index in [0.29, 0.717) is 23.9 Å². The summed E-state index contributed by atoms with van der Waals surface area (Å²) < 4.78 is 30.7. The van der Waals surface area contributed by atoms with Gasteiger partial charge in [-0.2, -0.15) is 8.78 Å². The van der Waals surface area contributed by atoms with Crippen molar-refractivity contribution in [2.75, 3.05) is 13.1 Å². The van der Waals surface area contributed by atoms with E-state index in [9.17, 15) is 13.9 Å². The van der Waals surface area contributed by atoms with Gasteiger partial charge in [0.25, 0.3) is 0 Å². The zero-order valence-corrected chi connectivity index (χ0v) is 19.7. The maximum atomic E-state index is 12.2. The van der Waals surface area contributed by atoms with Crippen molar-refractivity contribution in [3.8, 4) is 11.4 Å². The number of hydrogen-bond acceptors (Lipinski definition) is 5. The molecule has 3 aromatic rings. The lowest BCUT2D eigenvalue weighted by atomic mass is 10.1. The minimum atomic E-state index is -2.89. The Hall–Kier alpha value is -2.80. The first-order valence-corrected chi connectivity index (χ1v) is 9.76. The number of guanidine groups is 1. The molecule has 3 N–H and O–H groups in total. The van der Waals surface area contributed by atoms with Gasteiger partial charge in [-0.15, -0.1) is 34.2 Å². The SMILES string of the molecule is CCNC(=NCc1nncn1-c1ccccc1)NCC(O)c1ccc(OC(F)F)cc1.I. The molecule has 1 atom stereocenters. The molecular weight excluding hydrogens is 533 g/mol. The quantitative estimate of drug-likeness (QED) is 0.212.